The summed E-state index contributed by atoms with van der Waals surface area (Å²) in [7, 11) is 0. The highest BCUT2D eigenvalue weighted by Gasteiger charge is 2.19. The van der Waals surface area contributed by atoms with Crippen LogP contribution in [-0.4, -0.2) is 19.5 Å². The Morgan fingerprint density at radius 3 is 1.20 bits per heavy atom. The summed E-state index contributed by atoms with van der Waals surface area (Å²) in [6.07, 6.45) is 0. The molecule has 0 aliphatic rings. The molecule has 0 atom stereocenters. The van der Waals surface area contributed by atoms with E-state index in [1.165, 1.54) is 27.8 Å². The average Bonchev–Trinajstić information content (AvgIpc) is 3.62. The van der Waals surface area contributed by atoms with Gasteiger partial charge in [-0.15, -0.1) is 0 Å². The molecule has 0 aliphatic heterocycles. The fourth-order valence-electron chi connectivity index (χ4n) is 7.56. The maximum atomic E-state index is 5.18. The van der Waals surface area contributed by atoms with E-state index in [4.69, 9.17) is 15.0 Å². The van der Waals surface area contributed by atoms with E-state index < -0.39 is 0 Å². The first-order chi connectivity index (χ1) is 27.3. The third-order valence-corrected chi connectivity index (χ3v) is 10.3. The number of hydrogen-bond acceptors (Lipinski definition) is 3. The molecule has 258 valence electrons. The van der Waals surface area contributed by atoms with Crippen molar-refractivity contribution in [3.63, 3.8) is 0 Å². The van der Waals surface area contributed by atoms with E-state index in [9.17, 15) is 0 Å². The number of benzene rings is 8. The molecule has 0 fully saturated rings. The number of nitrogens with zero attached hydrogens (tertiary/aromatic N) is 4. The van der Waals surface area contributed by atoms with Gasteiger partial charge in [0, 0.05) is 33.2 Å². The summed E-state index contributed by atoms with van der Waals surface area (Å²) in [5.41, 5.74) is 13.3. The minimum atomic E-state index is 0.636. The van der Waals surface area contributed by atoms with Crippen LogP contribution in [0.1, 0.15) is 0 Å². The normalized spacial score (nSPS) is 11.3. The lowest BCUT2D eigenvalue weighted by atomic mass is 10.0. The predicted molar refractivity (Wildman–Crippen MR) is 227 cm³/mol. The van der Waals surface area contributed by atoms with E-state index in [0.29, 0.717) is 17.5 Å². The van der Waals surface area contributed by atoms with Gasteiger partial charge < -0.3 is 4.57 Å². The number of fused-ring (bicyclic) bond motifs is 3. The Bertz CT molecular complexity index is 2920. The second-order valence-electron chi connectivity index (χ2n) is 13.7. The molecule has 0 saturated carbocycles. The highest BCUT2D eigenvalue weighted by molar-refractivity contribution is 6.15. The molecule has 0 amide bonds. The van der Waals surface area contributed by atoms with Crippen LogP contribution in [-0.2, 0) is 0 Å². The molecule has 0 radical (unpaired) electrons. The van der Waals surface area contributed by atoms with E-state index in [0.717, 1.165) is 49.7 Å². The maximum absolute atomic E-state index is 5.18. The average molecular weight is 703 g/mol. The van der Waals surface area contributed by atoms with Crippen molar-refractivity contribution in [3.8, 4) is 73.2 Å². The Morgan fingerprint density at radius 1 is 0.273 bits per heavy atom. The molecule has 10 aromatic rings. The molecular weight excluding hydrogens is 669 g/mol. The van der Waals surface area contributed by atoms with Crippen LogP contribution in [0.4, 0.5) is 0 Å². The van der Waals surface area contributed by atoms with Crippen molar-refractivity contribution < 1.29 is 0 Å². The quantitative estimate of drug-likeness (QED) is 0.166. The molecule has 0 bridgehead atoms. The van der Waals surface area contributed by atoms with Crippen molar-refractivity contribution in [2.24, 2.45) is 0 Å². The van der Waals surface area contributed by atoms with Crippen LogP contribution in [0.25, 0.3) is 95.0 Å². The number of hydrogen-bond donors (Lipinski definition) is 0. The third kappa shape index (κ3) is 6.06. The van der Waals surface area contributed by atoms with Crippen LogP contribution < -0.4 is 0 Å². The largest absolute Gasteiger partial charge is 0.309 e. The van der Waals surface area contributed by atoms with Crippen molar-refractivity contribution >= 4 is 21.8 Å². The first-order valence-corrected chi connectivity index (χ1v) is 18.5. The Labute approximate surface area is 319 Å². The third-order valence-electron chi connectivity index (χ3n) is 10.3. The number of rotatable bonds is 7. The summed E-state index contributed by atoms with van der Waals surface area (Å²) in [4.78, 5) is 15.3. The summed E-state index contributed by atoms with van der Waals surface area (Å²) >= 11 is 0. The van der Waals surface area contributed by atoms with Gasteiger partial charge in [-0.25, -0.2) is 15.0 Å². The Balaban J connectivity index is 1.08. The first kappa shape index (κ1) is 32.2. The Kier molecular flexibility index (Phi) is 8.12. The second kappa shape index (κ2) is 13.8. The lowest BCUT2D eigenvalue weighted by Crippen LogP contribution is -2.00. The van der Waals surface area contributed by atoms with Gasteiger partial charge in [0.2, 0.25) is 0 Å². The SMILES string of the molecule is c1ccc(-c2ccc(-c3ccc(-n4c5ccccc5c5c(-c6nc(-c7ccccc7)nc(-c7ccc(-c8ccccc8)cc7)n6)cccc54)cc3)cc2)cc1. The highest BCUT2D eigenvalue weighted by atomic mass is 15.0. The van der Waals surface area contributed by atoms with Gasteiger partial charge in [-0.3, -0.25) is 0 Å². The number of aromatic nitrogens is 4. The van der Waals surface area contributed by atoms with Gasteiger partial charge in [0.1, 0.15) is 0 Å². The lowest BCUT2D eigenvalue weighted by molar-refractivity contribution is 1.08. The van der Waals surface area contributed by atoms with Crippen LogP contribution in [0.3, 0.4) is 0 Å². The molecule has 55 heavy (non-hydrogen) atoms. The Morgan fingerprint density at radius 2 is 0.655 bits per heavy atom. The van der Waals surface area contributed by atoms with Crippen LogP contribution in [0.2, 0.25) is 0 Å². The predicted octanol–water partition coefficient (Wildman–Crippen LogP) is 13.0. The van der Waals surface area contributed by atoms with Crippen molar-refractivity contribution in [1.29, 1.82) is 0 Å². The van der Waals surface area contributed by atoms with E-state index in [2.05, 4.69) is 187 Å². The zero-order chi connectivity index (χ0) is 36.6. The molecule has 10 rings (SSSR count). The van der Waals surface area contributed by atoms with E-state index in [-0.39, 0.29) is 0 Å². The van der Waals surface area contributed by atoms with Crippen molar-refractivity contribution in [2.45, 2.75) is 0 Å². The molecule has 2 heterocycles. The standard InChI is InChI=1S/C51H34N4/c1-4-13-35(14-5-1)37-23-25-39(26-24-37)40-31-33-43(34-32-40)55-46-21-11-10-19-44(46)48-45(20-12-22-47(48)55)51-53-49(41-17-8-3-9-18-41)52-50(54-51)42-29-27-38(28-30-42)36-15-6-2-7-16-36/h1-34H. The van der Waals surface area contributed by atoms with Crippen LogP contribution in [0.15, 0.2) is 206 Å². The molecule has 0 saturated heterocycles. The zero-order valence-corrected chi connectivity index (χ0v) is 29.9. The summed E-state index contributed by atoms with van der Waals surface area (Å²) in [5, 5.41) is 2.25. The summed E-state index contributed by atoms with van der Waals surface area (Å²) < 4.78 is 2.35. The van der Waals surface area contributed by atoms with Gasteiger partial charge in [-0.05, 0) is 57.6 Å². The highest BCUT2D eigenvalue weighted by Crippen LogP contribution is 2.39. The fourth-order valence-corrected chi connectivity index (χ4v) is 7.56. The molecule has 0 spiro atoms. The van der Waals surface area contributed by atoms with E-state index in [1.54, 1.807) is 0 Å². The van der Waals surface area contributed by atoms with Gasteiger partial charge >= 0.3 is 0 Å². The molecule has 0 unspecified atom stereocenters. The zero-order valence-electron chi connectivity index (χ0n) is 29.9. The minimum absolute atomic E-state index is 0.636. The van der Waals surface area contributed by atoms with Crippen LogP contribution in [0, 0.1) is 0 Å². The van der Waals surface area contributed by atoms with Gasteiger partial charge in [0.05, 0.1) is 11.0 Å². The van der Waals surface area contributed by atoms with E-state index >= 15 is 0 Å². The van der Waals surface area contributed by atoms with Crippen molar-refractivity contribution in [1.82, 2.24) is 19.5 Å². The van der Waals surface area contributed by atoms with Gasteiger partial charge in [-0.2, -0.15) is 0 Å². The molecule has 8 aromatic carbocycles. The van der Waals surface area contributed by atoms with Gasteiger partial charge in [0.25, 0.3) is 0 Å². The molecule has 4 heteroatoms. The first-order valence-electron chi connectivity index (χ1n) is 18.5. The Hall–Kier alpha value is -7.43. The van der Waals surface area contributed by atoms with E-state index in [1.807, 2.05) is 24.3 Å². The maximum Gasteiger partial charge on any atom is 0.164 e. The van der Waals surface area contributed by atoms with Crippen LogP contribution in [0.5, 0.6) is 0 Å². The lowest BCUT2D eigenvalue weighted by Gasteiger charge is -2.11. The fraction of sp³-hybridized carbons (Fsp3) is 0. The summed E-state index contributed by atoms with van der Waals surface area (Å²) in [5.74, 6) is 1.91. The summed E-state index contributed by atoms with van der Waals surface area (Å²) in [6, 6.07) is 72.2. The second-order valence-corrected chi connectivity index (χ2v) is 13.7. The molecule has 0 N–H and O–H groups in total. The molecule has 0 aliphatic carbocycles. The molecule has 2 aromatic heterocycles. The minimum Gasteiger partial charge on any atom is -0.309 e. The summed E-state index contributed by atoms with van der Waals surface area (Å²) in [6.45, 7) is 0. The smallest absolute Gasteiger partial charge is 0.164 e. The van der Waals surface area contributed by atoms with Gasteiger partial charge in [-0.1, -0.05) is 182 Å². The van der Waals surface area contributed by atoms with Gasteiger partial charge in [0.15, 0.2) is 17.5 Å². The topological polar surface area (TPSA) is 43.6 Å². The van der Waals surface area contributed by atoms with Crippen LogP contribution >= 0.6 is 0 Å². The van der Waals surface area contributed by atoms with Crippen molar-refractivity contribution in [3.05, 3.63) is 206 Å². The number of para-hydroxylation sites is 1. The monoisotopic (exact) mass is 702 g/mol. The molecular formula is C51H34N4. The van der Waals surface area contributed by atoms with Crippen molar-refractivity contribution in [2.75, 3.05) is 0 Å². The molecule has 4 nitrogen and oxygen atoms in total.